The largest absolute Gasteiger partial charge is 0.457 e. The zero-order valence-electron chi connectivity index (χ0n) is 10.9. The van der Waals surface area contributed by atoms with Gasteiger partial charge in [-0.15, -0.1) is 0 Å². The van der Waals surface area contributed by atoms with Gasteiger partial charge in [0, 0.05) is 12.7 Å². The molecule has 0 aliphatic carbocycles. The van der Waals surface area contributed by atoms with E-state index in [2.05, 4.69) is 10.6 Å². The first-order valence-electron chi connectivity index (χ1n) is 6.01. The molecule has 19 heavy (non-hydrogen) atoms. The molecule has 2 rings (SSSR count). The van der Waals surface area contributed by atoms with E-state index in [1.807, 2.05) is 49.4 Å². The minimum absolute atomic E-state index is 0.240. The maximum absolute atomic E-state index is 11.2. The quantitative estimate of drug-likeness (QED) is 0.882. The molecule has 2 amide bonds. The van der Waals surface area contributed by atoms with E-state index in [4.69, 9.17) is 4.74 Å². The van der Waals surface area contributed by atoms with Crippen LogP contribution < -0.4 is 15.4 Å². The van der Waals surface area contributed by atoms with E-state index in [0.717, 1.165) is 22.7 Å². The lowest BCUT2D eigenvalue weighted by molar-refractivity contribution is 0.254. The third-order valence-electron chi connectivity index (χ3n) is 2.63. The summed E-state index contributed by atoms with van der Waals surface area (Å²) in [5.41, 5.74) is 1.69. The summed E-state index contributed by atoms with van der Waals surface area (Å²) in [6.45, 7) is 1.94. The number of benzene rings is 2. The van der Waals surface area contributed by atoms with Gasteiger partial charge < -0.3 is 15.4 Å². The van der Waals surface area contributed by atoms with E-state index in [1.54, 1.807) is 13.1 Å². The Labute approximate surface area is 112 Å². The van der Waals surface area contributed by atoms with Crippen molar-refractivity contribution in [1.82, 2.24) is 5.32 Å². The highest BCUT2D eigenvalue weighted by Crippen LogP contribution is 2.26. The van der Waals surface area contributed by atoms with Gasteiger partial charge in [0.2, 0.25) is 0 Å². The molecule has 0 spiro atoms. The smallest absolute Gasteiger partial charge is 0.318 e. The van der Waals surface area contributed by atoms with Gasteiger partial charge in [0.25, 0.3) is 0 Å². The molecule has 98 valence electrons. The summed E-state index contributed by atoms with van der Waals surface area (Å²) < 4.78 is 5.77. The maximum atomic E-state index is 11.2. The van der Waals surface area contributed by atoms with Crippen molar-refractivity contribution in [2.75, 3.05) is 12.4 Å². The average Bonchev–Trinajstić information content (AvgIpc) is 2.43. The number of nitrogens with one attached hydrogen (secondary N) is 2. The van der Waals surface area contributed by atoms with Crippen molar-refractivity contribution >= 4 is 11.7 Å². The Morgan fingerprint density at radius 2 is 1.84 bits per heavy atom. The molecule has 2 aromatic carbocycles. The van der Waals surface area contributed by atoms with Crippen molar-refractivity contribution in [2.45, 2.75) is 6.92 Å². The van der Waals surface area contributed by atoms with Crippen LogP contribution in [0, 0.1) is 6.92 Å². The summed E-state index contributed by atoms with van der Waals surface area (Å²) in [4.78, 5) is 11.2. The fourth-order valence-corrected chi connectivity index (χ4v) is 1.65. The molecule has 0 atom stereocenters. The molecular formula is C15H16N2O2. The minimum Gasteiger partial charge on any atom is -0.457 e. The number of aryl methyl sites for hydroxylation is 1. The Balaban J connectivity index is 2.13. The van der Waals surface area contributed by atoms with E-state index in [1.165, 1.54) is 0 Å². The molecule has 0 saturated heterocycles. The molecule has 0 radical (unpaired) electrons. The minimum atomic E-state index is -0.240. The first kappa shape index (κ1) is 13.0. The van der Waals surface area contributed by atoms with Gasteiger partial charge in [-0.1, -0.05) is 18.2 Å². The predicted molar refractivity (Wildman–Crippen MR) is 75.8 cm³/mol. The van der Waals surface area contributed by atoms with Crippen LogP contribution in [0.2, 0.25) is 0 Å². The van der Waals surface area contributed by atoms with Crippen LogP contribution in [0.5, 0.6) is 11.5 Å². The Hall–Kier alpha value is -2.49. The van der Waals surface area contributed by atoms with E-state index in [9.17, 15) is 4.79 Å². The second-order valence-corrected chi connectivity index (χ2v) is 4.10. The summed E-state index contributed by atoms with van der Waals surface area (Å²) in [6, 6.07) is 14.9. The first-order chi connectivity index (χ1) is 9.19. The van der Waals surface area contributed by atoms with E-state index in [0.29, 0.717) is 0 Å². The highest BCUT2D eigenvalue weighted by molar-refractivity contribution is 5.89. The number of amides is 2. The van der Waals surface area contributed by atoms with Gasteiger partial charge in [0.1, 0.15) is 11.5 Å². The molecule has 4 nitrogen and oxygen atoms in total. The molecular weight excluding hydrogens is 240 g/mol. The molecule has 0 heterocycles. The van der Waals surface area contributed by atoms with Gasteiger partial charge >= 0.3 is 6.03 Å². The number of anilines is 1. The Morgan fingerprint density at radius 3 is 2.47 bits per heavy atom. The zero-order valence-corrected chi connectivity index (χ0v) is 10.9. The van der Waals surface area contributed by atoms with Crippen LogP contribution in [0.15, 0.2) is 48.5 Å². The number of ether oxygens (including phenoxy) is 1. The third-order valence-corrected chi connectivity index (χ3v) is 2.63. The molecule has 4 heteroatoms. The number of carbonyl (C=O) groups is 1. The third kappa shape index (κ3) is 3.48. The summed E-state index contributed by atoms with van der Waals surface area (Å²) >= 11 is 0. The van der Waals surface area contributed by atoms with Gasteiger partial charge in [0.05, 0.1) is 0 Å². The maximum Gasteiger partial charge on any atom is 0.318 e. The standard InChI is InChI=1S/C15H16N2O2/c1-11-10-12(17-15(18)16-2)8-9-14(11)19-13-6-4-3-5-7-13/h3-10H,1-2H3,(H2,16,17,18). The van der Waals surface area contributed by atoms with Crippen LogP contribution in [-0.4, -0.2) is 13.1 Å². The van der Waals surface area contributed by atoms with E-state index >= 15 is 0 Å². The number of carbonyl (C=O) groups excluding carboxylic acids is 1. The van der Waals surface area contributed by atoms with Crippen LogP contribution in [0.3, 0.4) is 0 Å². The average molecular weight is 256 g/mol. The second-order valence-electron chi connectivity index (χ2n) is 4.10. The molecule has 0 fully saturated rings. The van der Waals surface area contributed by atoms with Crippen LogP contribution in [-0.2, 0) is 0 Å². The van der Waals surface area contributed by atoms with Crippen molar-refractivity contribution in [3.05, 3.63) is 54.1 Å². The van der Waals surface area contributed by atoms with E-state index in [-0.39, 0.29) is 6.03 Å². The van der Waals surface area contributed by atoms with Crippen LogP contribution in [0.1, 0.15) is 5.56 Å². The van der Waals surface area contributed by atoms with E-state index < -0.39 is 0 Å². The summed E-state index contributed by atoms with van der Waals surface area (Å²) in [7, 11) is 1.58. The number of hydrogen-bond donors (Lipinski definition) is 2. The lowest BCUT2D eigenvalue weighted by Crippen LogP contribution is -2.24. The SMILES string of the molecule is CNC(=O)Nc1ccc(Oc2ccccc2)c(C)c1. The topological polar surface area (TPSA) is 50.4 Å². The second kappa shape index (κ2) is 5.91. The van der Waals surface area contributed by atoms with Crippen molar-refractivity contribution in [3.63, 3.8) is 0 Å². The molecule has 0 aliphatic heterocycles. The van der Waals surface area contributed by atoms with Gasteiger partial charge in [-0.05, 0) is 42.8 Å². The number of urea groups is 1. The first-order valence-corrected chi connectivity index (χ1v) is 6.01. The van der Waals surface area contributed by atoms with Crippen molar-refractivity contribution in [2.24, 2.45) is 0 Å². The van der Waals surface area contributed by atoms with Crippen molar-refractivity contribution in [1.29, 1.82) is 0 Å². The molecule has 0 aliphatic rings. The van der Waals surface area contributed by atoms with Crippen LogP contribution >= 0.6 is 0 Å². The number of hydrogen-bond acceptors (Lipinski definition) is 2. The van der Waals surface area contributed by atoms with Crippen LogP contribution in [0.4, 0.5) is 10.5 Å². The fraction of sp³-hybridized carbons (Fsp3) is 0.133. The zero-order chi connectivity index (χ0) is 13.7. The van der Waals surface area contributed by atoms with Crippen LogP contribution in [0.25, 0.3) is 0 Å². The summed E-state index contributed by atoms with van der Waals surface area (Å²) in [5.74, 6) is 1.56. The Morgan fingerprint density at radius 1 is 1.11 bits per heavy atom. The fourth-order valence-electron chi connectivity index (χ4n) is 1.65. The van der Waals surface area contributed by atoms with Gasteiger partial charge in [-0.3, -0.25) is 0 Å². The van der Waals surface area contributed by atoms with Crippen molar-refractivity contribution < 1.29 is 9.53 Å². The van der Waals surface area contributed by atoms with Crippen molar-refractivity contribution in [3.8, 4) is 11.5 Å². The molecule has 0 aromatic heterocycles. The monoisotopic (exact) mass is 256 g/mol. The van der Waals surface area contributed by atoms with Gasteiger partial charge in [0.15, 0.2) is 0 Å². The number of para-hydroxylation sites is 1. The normalized spacial score (nSPS) is 9.79. The Bertz CT molecular complexity index is 568. The molecule has 2 aromatic rings. The van der Waals surface area contributed by atoms with Gasteiger partial charge in [-0.2, -0.15) is 0 Å². The molecule has 0 bridgehead atoms. The lowest BCUT2D eigenvalue weighted by atomic mass is 10.2. The Kier molecular flexibility index (Phi) is 4.03. The summed E-state index contributed by atoms with van der Waals surface area (Å²) in [5, 5.41) is 5.22. The molecule has 0 unspecified atom stereocenters. The molecule has 2 N–H and O–H groups in total. The predicted octanol–water partition coefficient (Wildman–Crippen LogP) is 3.54. The molecule has 0 saturated carbocycles. The highest BCUT2D eigenvalue weighted by Gasteiger charge is 2.04. The lowest BCUT2D eigenvalue weighted by Gasteiger charge is -2.11. The van der Waals surface area contributed by atoms with Gasteiger partial charge in [-0.25, -0.2) is 4.79 Å². The number of rotatable bonds is 3. The summed E-state index contributed by atoms with van der Waals surface area (Å²) in [6.07, 6.45) is 0. The highest BCUT2D eigenvalue weighted by atomic mass is 16.5.